The lowest BCUT2D eigenvalue weighted by Crippen LogP contribution is -2.07. The Morgan fingerprint density at radius 2 is 2.00 bits per heavy atom. The summed E-state index contributed by atoms with van der Waals surface area (Å²) in [5.41, 5.74) is 4.57. The fourth-order valence-electron chi connectivity index (χ4n) is 2.64. The third-order valence-electron chi connectivity index (χ3n) is 3.90. The van der Waals surface area contributed by atoms with E-state index < -0.39 is 0 Å². The van der Waals surface area contributed by atoms with Crippen molar-refractivity contribution >= 4 is 5.97 Å². The number of rotatable bonds is 5. The van der Waals surface area contributed by atoms with Gasteiger partial charge in [-0.1, -0.05) is 30.3 Å². The number of esters is 1. The molecule has 0 amide bonds. The molecule has 5 nitrogen and oxygen atoms in total. The van der Waals surface area contributed by atoms with E-state index in [1.807, 2.05) is 36.0 Å². The van der Waals surface area contributed by atoms with Gasteiger partial charge in [-0.2, -0.15) is 5.10 Å². The normalized spacial score (nSPS) is 10.6. The first-order valence-electron chi connectivity index (χ1n) is 7.75. The van der Waals surface area contributed by atoms with Gasteiger partial charge in [0.1, 0.15) is 0 Å². The van der Waals surface area contributed by atoms with Gasteiger partial charge in [-0.3, -0.25) is 9.67 Å². The molecule has 0 bridgehead atoms. The van der Waals surface area contributed by atoms with E-state index in [-0.39, 0.29) is 5.97 Å². The van der Waals surface area contributed by atoms with E-state index in [0.717, 1.165) is 23.4 Å². The largest absolute Gasteiger partial charge is 0.465 e. The van der Waals surface area contributed by atoms with Gasteiger partial charge in [0.2, 0.25) is 0 Å². The molecule has 1 aromatic carbocycles. The molecule has 0 N–H and O–H groups in total. The van der Waals surface area contributed by atoms with Crippen molar-refractivity contribution in [1.82, 2.24) is 14.8 Å². The predicted molar refractivity (Wildman–Crippen MR) is 90.9 cm³/mol. The van der Waals surface area contributed by atoms with Crippen LogP contribution in [0.15, 0.2) is 55.0 Å². The smallest absolute Gasteiger partial charge is 0.338 e. The first-order chi connectivity index (χ1) is 11.7. The van der Waals surface area contributed by atoms with Crippen LogP contribution in [0.2, 0.25) is 0 Å². The van der Waals surface area contributed by atoms with Crippen LogP contribution in [0.5, 0.6) is 0 Å². The van der Waals surface area contributed by atoms with Crippen molar-refractivity contribution in [3.8, 4) is 0 Å². The number of hydrogen-bond donors (Lipinski definition) is 0. The second kappa shape index (κ2) is 7.08. The number of pyridine rings is 1. The molecule has 24 heavy (non-hydrogen) atoms. The molecule has 0 atom stereocenters. The van der Waals surface area contributed by atoms with Gasteiger partial charge in [0.05, 0.1) is 24.9 Å². The second-order valence-electron chi connectivity index (χ2n) is 5.64. The molecule has 0 aliphatic heterocycles. The lowest BCUT2D eigenvalue weighted by Gasteiger charge is -2.06. The minimum Gasteiger partial charge on any atom is -0.465 e. The summed E-state index contributed by atoms with van der Waals surface area (Å²) in [5, 5.41) is 4.66. The molecular formula is C19H19N3O2. The van der Waals surface area contributed by atoms with E-state index in [2.05, 4.69) is 22.2 Å². The molecule has 2 aromatic heterocycles. The Bertz CT molecular complexity index is 841. The Hall–Kier alpha value is -2.95. The first kappa shape index (κ1) is 15.9. The molecule has 3 aromatic rings. The Labute approximate surface area is 140 Å². The fourth-order valence-corrected chi connectivity index (χ4v) is 2.64. The van der Waals surface area contributed by atoms with E-state index >= 15 is 0 Å². The first-order valence-corrected chi connectivity index (χ1v) is 7.75. The molecule has 0 fully saturated rings. The van der Waals surface area contributed by atoms with Crippen LogP contribution in [0.25, 0.3) is 0 Å². The SMILES string of the molecule is COC(=O)c1ccncc1Cc1nn(Cc2ccccc2)cc1C. The monoisotopic (exact) mass is 321 g/mol. The lowest BCUT2D eigenvalue weighted by molar-refractivity contribution is 0.0599. The number of nitrogens with zero attached hydrogens (tertiary/aromatic N) is 3. The van der Waals surface area contributed by atoms with Crippen LogP contribution in [0.4, 0.5) is 0 Å². The van der Waals surface area contributed by atoms with E-state index in [1.54, 1.807) is 18.5 Å². The standard InChI is InChI=1S/C19H19N3O2/c1-14-12-22(13-15-6-4-3-5-7-15)21-18(14)10-16-11-20-9-8-17(16)19(23)24-2/h3-9,11-12H,10,13H2,1-2H3. The average Bonchev–Trinajstić information content (AvgIpc) is 2.94. The van der Waals surface area contributed by atoms with Crippen LogP contribution < -0.4 is 0 Å². The Morgan fingerprint density at radius 1 is 1.21 bits per heavy atom. The van der Waals surface area contributed by atoms with Gasteiger partial charge in [-0.15, -0.1) is 0 Å². The third-order valence-corrected chi connectivity index (χ3v) is 3.90. The van der Waals surface area contributed by atoms with Crippen molar-refractivity contribution in [2.75, 3.05) is 7.11 Å². The average molecular weight is 321 g/mol. The number of aromatic nitrogens is 3. The van der Waals surface area contributed by atoms with Crippen molar-refractivity contribution in [3.63, 3.8) is 0 Å². The highest BCUT2D eigenvalue weighted by Gasteiger charge is 2.14. The summed E-state index contributed by atoms with van der Waals surface area (Å²) in [6.45, 7) is 2.75. The number of aryl methyl sites for hydroxylation is 1. The van der Waals surface area contributed by atoms with Crippen LogP contribution in [0.3, 0.4) is 0 Å². The fraction of sp³-hybridized carbons (Fsp3) is 0.211. The van der Waals surface area contributed by atoms with Crippen molar-refractivity contribution in [2.45, 2.75) is 19.9 Å². The van der Waals surface area contributed by atoms with E-state index in [0.29, 0.717) is 12.0 Å². The van der Waals surface area contributed by atoms with Gasteiger partial charge in [-0.25, -0.2) is 4.79 Å². The molecule has 0 saturated heterocycles. The van der Waals surface area contributed by atoms with E-state index in [4.69, 9.17) is 4.74 Å². The number of methoxy groups -OCH3 is 1. The summed E-state index contributed by atoms with van der Waals surface area (Å²) < 4.78 is 6.76. The van der Waals surface area contributed by atoms with Gasteiger partial charge in [0, 0.05) is 25.0 Å². The summed E-state index contributed by atoms with van der Waals surface area (Å²) >= 11 is 0. The van der Waals surface area contributed by atoms with Crippen LogP contribution in [0, 0.1) is 6.92 Å². The van der Waals surface area contributed by atoms with Gasteiger partial charge >= 0.3 is 5.97 Å². The molecule has 3 rings (SSSR count). The predicted octanol–water partition coefficient (Wildman–Crippen LogP) is 3.01. The van der Waals surface area contributed by atoms with Crippen molar-refractivity contribution in [2.24, 2.45) is 0 Å². The molecule has 0 saturated carbocycles. The van der Waals surface area contributed by atoms with Crippen LogP contribution in [0.1, 0.15) is 32.7 Å². The minimum atomic E-state index is -0.353. The van der Waals surface area contributed by atoms with Crippen molar-refractivity contribution < 1.29 is 9.53 Å². The lowest BCUT2D eigenvalue weighted by atomic mass is 10.0. The molecule has 0 radical (unpaired) electrons. The van der Waals surface area contributed by atoms with Crippen LogP contribution in [-0.4, -0.2) is 27.8 Å². The van der Waals surface area contributed by atoms with Gasteiger partial charge in [0.15, 0.2) is 0 Å². The van der Waals surface area contributed by atoms with E-state index in [1.165, 1.54) is 12.7 Å². The summed E-state index contributed by atoms with van der Waals surface area (Å²) in [6, 6.07) is 11.9. The summed E-state index contributed by atoms with van der Waals surface area (Å²) in [4.78, 5) is 16.0. The highest BCUT2D eigenvalue weighted by atomic mass is 16.5. The highest BCUT2D eigenvalue weighted by molar-refractivity contribution is 5.90. The maximum absolute atomic E-state index is 11.9. The van der Waals surface area contributed by atoms with Crippen molar-refractivity contribution in [3.05, 3.63) is 82.9 Å². The van der Waals surface area contributed by atoms with Crippen LogP contribution >= 0.6 is 0 Å². The molecule has 0 unspecified atom stereocenters. The number of hydrogen-bond acceptors (Lipinski definition) is 4. The molecule has 5 heteroatoms. The van der Waals surface area contributed by atoms with Crippen LogP contribution in [-0.2, 0) is 17.7 Å². The van der Waals surface area contributed by atoms with E-state index in [9.17, 15) is 4.79 Å². The van der Waals surface area contributed by atoms with Gasteiger partial charge < -0.3 is 4.74 Å². The molecule has 0 aliphatic rings. The zero-order valence-corrected chi connectivity index (χ0v) is 13.8. The number of carbonyl (C=O) groups is 1. The molecule has 122 valence electrons. The van der Waals surface area contributed by atoms with Crippen molar-refractivity contribution in [1.29, 1.82) is 0 Å². The molecule has 2 heterocycles. The zero-order valence-electron chi connectivity index (χ0n) is 13.8. The second-order valence-corrected chi connectivity index (χ2v) is 5.64. The number of carbonyl (C=O) groups excluding carboxylic acids is 1. The third kappa shape index (κ3) is 3.51. The molecular weight excluding hydrogens is 302 g/mol. The Balaban J connectivity index is 1.83. The zero-order chi connectivity index (χ0) is 16.9. The summed E-state index contributed by atoms with van der Waals surface area (Å²) in [5.74, 6) is -0.353. The summed E-state index contributed by atoms with van der Waals surface area (Å²) in [6.07, 6.45) is 5.86. The molecule has 0 spiro atoms. The number of ether oxygens (including phenoxy) is 1. The Kier molecular flexibility index (Phi) is 4.70. The quantitative estimate of drug-likeness (QED) is 0.678. The maximum Gasteiger partial charge on any atom is 0.338 e. The highest BCUT2D eigenvalue weighted by Crippen LogP contribution is 2.16. The van der Waals surface area contributed by atoms with Gasteiger partial charge in [-0.05, 0) is 29.7 Å². The molecule has 0 aliphatic carbocycles. The number of benzene rings is 1. The summed E-state index contributed by atoms with van der Waals surface area (Å²) in [7, 11) is 1.38. The van der Waals surface area contributed by atoms with Gasteiger partial charge in [0.25, 0.3) is 0 Å². The Morgan fingerprint density at radius 3 is 2.75 bits per heavy atom. The minimum absolute atomic E-state index is 0.353. The maximum atomic E-state index is 11.9. The topological polar surface area (TPSA) is 57.0 Å².